The van der Waals surface area contributed by atoms with Crippen LogP contribution in [0.3, 0.4) is 0 Å². The second kappa shape index (κ2) is 7.55. The fourth-order valence-corrected chi connectivity index (χ4v) is 3.14. The summed E-state index contributed by atoms with van der Waals surface area (Å²) in [5, 5.41) is 10.7. The topological polar surface area (TPSA) is 99.6 Å². The van der Waals surface area contributed by atoms with Gasteiger partial charge in [-0.1, -0.05) is 0 Å². The Morgan fingerprint density at radius 1 is 1.55 bits per heavy atom. The van der Waals surface area contributed by atoms with E-state index in [-0.39, 0.29) is 24.1 Å². The first kappa shape index (κ1) is 16.9. The van der Waals surface area contributed by atoms with Crippen molar-refractivity contribution in [3.63, 3.8) is 0 Å². The summed E-state index contributed by atoms with van der Waals surface area (Å²) in [5.74, 6) is -0.0860. The molecule has 9 heteroatoms. The van der Waals surface area contributed by atoms with Gasteiger partial charge in [0.05, 0.1) is 18.4 Å². The lowest BCUT2D eigenvalue weighted by molar-refractivity contribution is -0.130. The zero-order valence-corrected chi connectivity index (χ0v) is 13.1. The van der Waals surface area contributed by atoms with Gasteiger partial charge in [-0.15, -0.1) is 11.3 Å². The Labute approximate surface area is 122 Å². The Hall–Kier alpha value is -1.19. The predicted octanol–water partition coefficient (Wildman–Crippen LogP) is 0.288. The highest BCUT2D eigenvalue weighted by atomic mass is 32.2. The summed E-state index contributed by atoms with van der Waals surface area (Å²) in [6.45, 7) is 2.98. The molecule has 0 bridgehead atoms. The van der Waals surface area contributed by atoms with Gasteiger partial charge in [0.25, 0.3) is 0 Å². The Kier molecular flexibility index (Phi) is 6.37. The van der Waals surface area contributed by atoms with Crippen LogP contribution in [0.2, 0.25) is 0 Å². The van der Waals surface area contributed by atoms with Crippen LogP contribution < -0.4 is 4.72 Å². The van der Waals surface area contributed by atoms with Crippen molar-refractivity contribution in [3.8, 4) is 0 Å². The van der Waals surface area contributed by atoms with Crippen molar-refractivity contribution in [1.29, 1.82) is 0 Å². The molecule has 114 valence electrons. The van der Waals surface area contributed by atoms with E-state index in [0.29, 0.717) is 25.2 Å². The largest absolute Gasteiger partial charge is 0.396 e. The number of aliphatic hydroxyl groups excluding tert-OH is 1. The molecule has 0 fully saturated rings. The van der Waals surface area contributed by atoms with Crippen molar-refractivity contribution in [2.45, 2.75) is 19.8 Å². The average molecular weight is 321 g/mol. The maximum atomic E-state index is 12.0. The van der Waals surface area contributed by atoms with Crippen LogP contribution in [-0.2, 0) is 21.2 Å². The third-order valence-corrected chi connectivity index (χ3v) is 3.98. The van der Waals surface area contributed by atoms with Crippen LogP contribution in [0, 0.1) is 0 Å². The number of carbonyl (C=O) groups is 1. The van der Waals surface area contributed by atoms with Crippen LogP contribution >= 0.6 is 11.3 Å². The fourth-order valence-electron chi connectivity index (χ4n) is 1.58. The third-order valence-electron chi connectivity index (χ3n) is 2.48. The number of nitrogens with one attached hydrogen (secondary N) is 1. The lowest BCUT2D eigenvalue weighted by Gasteiger charge is -2.19. The highest BCUT2D eigenvalue weighted by molar-refractivity contribution is 7.92. The van der Waals surface area contributed by atoms with Crippen LogP contribution in [0.4, 0.5) is 5.13 Å². The van der Waals surface area contributed by atoms with E-state index in [2.05, 4.69) is 9.71 Å². The van der Waals surface area contributed by atoms with Gasteiger partial charge in [-0.3, -0.25) is 9.52 Å². The molecule has 0 atom stereocenters. The first-order valence-electron chi connectivity index (χ1n) is 6.16. The van der Waals surface area contributed by atoms with Crippen molar-refractivity contribution < 1.29 is 18.3 Å². The molecule has 1 heterocycles. The number of aromatic nitrogens is 1. The zero-order valence-electron chi connectivity index (χ0n) is 11.5. The van der Waals surface area contributed by atoms with Gasteiger partial charge in [0.2, 0.25) is 15.9 Å². The predicted molar refractivity (Wildman–Crippen MR) is 78.2 cm³/mol. The molecule has 1 rings (SSSR count). The van der Waals surface area contributed by atoms with Crippen molar-refractivity contribution in [2.75, 3.05) is 30.7 Å². The number of amides is 1. The minimum atomic E-state index is -3.35. The molecular formula is C11H19N3O4S2. The molecule has 20 heavy (non-hydrogen) atoms. The minimum absolute atomic E-state index is 0.0446. The molecule has 1 aromatic heterocycles. The minimum Gasteiger partial charge on any atom is -0.396 e. The highest BCUT2D eigenvalue weighted by Crippen LogP contribution is 2.17. The van der Waals surface area contributed by atoms with E-state index in [0.717, 1.165) is 17.6 Å². The number of rotatable bonds is 8. The molecular weight excluding hydrogens is 302 g/mol. The SMILES string of the molecule is CCN(CCCO)C(=O)Cc1csc(NS(C)(=O)=O)n1. The van der Waals surface area contributed by atoms with Gasteiger partial charge >= 0.3 is 0 Å². The summed E-state index contributed by atoms with van der Waals surface area (Å²) < 4.78 is 24.4. The molecule has 0 aliphatic heterocycles. The van der Waals surface area contributed by atoms with Crippen LogP contribution in [0.25, 0.3) is 0 Å². The van der Waals surface area contributed by atoms with Gasteiger partial charge in [0.1, 0.15) is 0 Å². The van der Waals surface area contributed by atoms with Crippen LogP contribution in [0.1, 0.15) is 19.0 Å². The Bertz CT molecular complexity index is 542. The average Bonchev–Trinajstić information content (AvgIpc) is 2.75. The normalized spacial score (nSPS) is 11.3. The molecule has 1 amide bonds. The summed E-state index contributed by atoms with van der Waals surface area (Å²) in [5.41, 5.74) is 0.536. The van der Waals surface area contributed by atoms with Crippen LogP contribution in [0.15, 0.2) is 5.38 Å². The number of aliphatic hydroxyl groups is 1. The first-order valence-corrected chi connectivity index (χ1v) is 8.93. The second-order valence-electron chi connectivity index (χ2n) is 4.25. The number of likely N-dealkylation sites (N-methyl/N-ethyl adjacent to an activating group) is 1. The maximum Gasteiger partial charge on any atom is 0.231 e. The molecule has 7 nitrogen and oxygen atoms in total. The molecule has 0 unspecified atom stereocenters. The number of sulfonamides is 1. The molecule has 0 radical (unpaired) electrons. The van der Waals surface area contributed by atoms with Gasteiger partial charge in [0.15, 0.2) is 5.13 Å². The highest BCUT2D eigenvalue weighted by Gasteiger charge is 2.14. The maximum absolute atomic E-state index is 12.0. The molecule has 0 aliphatic carbocycles. The van der Waals surface area contributed by atoms with E-state index >= 15 is 0 Å². The zero-order chi connectivity index (χ0) is 15.2. The summed E-state index contributed by atoms with van der Waals surface area (Å²) >= 11 is 1.14. The number of thiazole rings is 1. The van der Waals surface area contributed by atoms with Gasteiger partial charge in [0, 0.05) is 25.1 Å². The molecule has 0 saturated heterocycles. The van der Waals surface area contributed by atoms with Crippen molar-refractivity contribution in [1.82, 2.24) is 9.88 Å². The molecule has 1 aromatic rings. The molecule has 0 aliphatic rings. The standard InChI is InChI=1S/C11H19N3O4S2/c1-3-14(5-4-6-15)10(16)7-9-8-19-11(12-9)13-20(2,17)18/h8,15H,3-7H2,1-2H3,(H,12,13). The van der Waals surface area contributed by atoms with E-state index in [1.807, 2.05) is 6.92 Å². The fraction of sp³-hybridized carbons (Fsp3) is 0.636. The summed E-state index contributed by atoms with van der Waals surface area (Å²) in [7, 11) is -3.35. The Morgan fingerprint density at radius 3 is 2.80 bits per heavy atom. The molecule has 2 N–H and O–H groups in total. The monoisotopic (exact) mass is 321 g/mol. The van der Waals surface area contributed by atoms with Gasteiger partial charge in [-0.2, -0.15) is 0 Å². The summed E-state index contributed by atoms with van der Waals surface area (Å²) in [4.78, 5) is 17.7. The quantitative estimate of drug-likeness (QED) is 0.717. The third kappa shape index (κ3) is 5.85. The second-order valence-corrected chi connectivity index (χ2v) is 6.85. The first-order chi connectivity index (χ1) is 9.35. The summed E-state index contributed by atoms with van der Waals surface area (Å²) in [6.07, 6.45) is 1.71. The number of hydrogen-bond acceptors (Lipinski definition) is 6. The van der Waals surface area contributed by atoms with Crippen molar-refractivity contribution in [3.05, 3.63) is 11.1 Å². The summed E-state index contributed by atoms with van der Waals surface area (Å²) in [6, 6.07) is 0. The number of carbonyl (C=O) groups excluding carboxylic acids is 1. The van der Waals surface area contributed by atoms with Gasteiger partial charge in [-0.25, -0.2) is 13.4 Å². The smallest absolute Gasteiger partial charge is 0.231 e. The van der Waals surface area contributed by atoms with E-state index in [4.69, 9.17) is 5.11 Å². The Morgan fingerprint density at radius 2 is 2.25 bits per heavy atom. The lowest BCUT2D eigenvalue weighted by atomic mass is 10.3. The number of hydrogen-bond donors (Lipinski definition) is 2. The number of nitrogens with zero attached hydrogens (tertiary/aromatic N) is 2. The number of anilines is 1. The van der Waals surface area contributed by atoms with E-state index < -0.39 is 10.0 Å². The Balaban J connectivity index is 2.61. The molecule has 0 saturated carbocycles. The molecule has 0 aromatic carbocycles. The van der Waals surface area contributed by atoms with Crippen molar-refractivity contribution >= 4 is 32.4 Å². The van der Waals surface area contributed by atoms with E-state index in [9.17, 15) is 13.2 Å². The molecule has 0 spiro atoms. The van der Waals surface area contributed by atoms with Crippen LogP contribution in [-0.4, -0.2) is 55.3 Å². The van der Waals surface area contributed by atoms with Crippen molar-refractivity contribution in [2.24, 2.45) is 0 Å². The lowest BCUT2D eigenvalue weighted by Crippen LogP contribution is -2.33. The van der Waals surface area contributed by atoms with Gasteiger partial charge in [-0.05, 0) is 13.3 Å². The van der Waals surface area contributed by atoms with Gasteiger partial charge < -0.3 is 10.0 Å². The van der Waals surface area contributed by atoms with E-state index in [1.165, 1.54) is 0 Å². The van der Waals surface area contributed by atoms with E-state index in [1.54, 1.807) is 10.3 Å². The van der Waals surface area contributed by atoms with Crippen LogP contribution in [0.5, 0.6) is 0 Å².